The van der Waals surface area contributed by atoms with Gasteiger partial charge in [0, 0.05) is 18.8 Å². The molecule has 2 rings (SSSR count). The average molecular weight is 301 g/mol. The lowest BCUT2D eigenvalue weighted by Crippen LogP contribution is -2.31. The summed E-state index contributed by atoms with van der Waals surface area (Å²) in [7, 11) is 0. The van der Waals surface area contributed by atoms with E-state index in [4.69, 9.17) is 0 Å². The van der Waals surface area contributed by atoms with Crippen LogP contribution in [0.3, 0.4) is 0 Å². The van der Waals surface area contributed by atoms with Crippen LogP contribution in [0.5, 0.6) is 0 Å². The number of nitrogens with one attached hydrogen (secondary N) is 3. The van der Waals surface area contributed by atoms with E-state index >= 15 is 0 Å². The first-order valence-electron chi connectivity index (χ1n) is 7.07. The van der Waals surface area contributed by atoms with E-state index in [1.165, 1.54) is 0 Å². The summed E-state index contributed by atoms with van der Waals surface area (Å²) in [5, 5.41) is 8.00. The van der Waals surface area contributed by atoms with Crippen molar-refractivity contribution in [1.82, 2.24) is 20.6 Å². The number of amides is 3. The summed E-state index contributed by atoms with van der Waals surface area (Å²) < 4.78 is 0. The van der Waals surface area contributed by atoms with Crippen LogP contribution in [-0.4, -0.2) is 35.5 Å². The number of hydrogen-bond donors (Lipinski definition) is 3. The number of urea groups is 1. The largest absolute Gasteiger partial charge is 0.359 e. The Bertz CT molecular complexity index is 687. The third kappa shape index (κ3) is 4.15. The van der Waals surface area contributed by atoms with Crippen molar-refractivity contribution in [3.63, 3.8) is 0 Å². The molecule has 0 fully saturated rings. The van der Waals surface area contributed by atoms with Crippen LogP contribution in [0.25, 0.3) is 11.0 Å². The van der Waals surface area contributed by atoms with E-state index in [0.717, 1.165) is 22.4 Å². The van der Waals surface area contributed by atoms with Gasteiger partial charge in [-0.25, -0.2) is 14.8 Å². The Labute approximate surface area is 128 Å². The molecule has 7 heteroatoms. The van der Waals surface area contributed by atoms with Gasteiger partial charge in [-0.05, 0) is 38.5 Å². The number of carbonyl (C=O) groups is 2. The minimum atomic E-state index is -0.290. The second-order valence-corrected chi connectivity index (χ2v) is 4.90. The van der Waals surface area contributed by atoms with Gasteiger partial charge in [0.1, 0.15) is 0 Å². The number of aryl methyl sites for hydroxylation is 2. The second kappa shape index (κ2) is 7.35. The van der Waals surface area contributed by atoms with Gasteiger partial charge in [0.05, 0.1) is 22.4 Å². The van der Waals surface area contributed by atoms with Gasteiger partial charge in [-0.15, -0.1) is 0 Å². The molecule has 0 aliphatic heterocycles. The fourth-order valence-electron chi connectivity index (χ4n) is 1.94. The maximum absolute atomic E-state index is 11.8. The Hall–Kier alpha value is -2.70. The summed E-state index contributed by atoms with van der Waals surface area (Å²) in [4.78, 5) is 30.7. The number of benzene rings is 1. The van der Waals surface area contributed by atoms with E-state index in [1.807, 2.05) is 19.9 Å². The van der Waals surface area contributed by atoms with Crippen LogP contribution in [-0.2, 0) is 4.79 Å². The maximum Gasteiger partial charge on any atom is 0.319 e. The fraction of sp³-hybridized carbons (Fsp3) is 0.333. The first kappa shape index (κ1) is 15.7. The van der Waals surface area contributed by atoms with Crippen molar-refractivity contribution >= 4 is 29.2 Å². The Morgan fingerprint density at radius 3 is 2.59 bits per heavy atom. The maximum atomic E-state index is 11.8. The van der Waals surface area contributed by atoms with E-state index in [2.05, 4.69) is 25.9 Å². The molecule has 1 aromatic heterocycles. The molecule has 3 N–H and O–H groups in total. The van der Waals surface area contributed by atoms with E-state index in [1.54, 1.807) is 12.1 Å². The molecule has 3 amide bonds. The van der Waals surface area contributed by atoms with Crippen LogP contribution in [0.2, 0.25) is 0 Å². The molecule has 0 aliphatic rings. The monoisotopic (exact) mass is 301 g/mol. The molecule has 22 heavy (non-hydrogen) atoms. The standard InChI is InChI=1S/C15H19N5O2/c1-10-11(2)19-14-8-12(4-5-13(14)18-10)20-15(22)17-7-3-6-16-9-21/h4-5,8-9H,3,6-7H2,1-2H3,(H,16,21)(H2,17,20,22). The van der Waals surface area contributed by atoms with Gasteiger partial charge in [0.25, 0.3) is 0 Å². The number of fused-ring (bicyclic) bond motifs is 1. The number of aromatic nitrogens is 2. The summed E-state index contributed by atoms with van der Waals surface area (Å²) in [5.74, 6) is 0. The Morgan fingerprint density at radius 2 is 1.86 bits per heavy atom. The average Bonchev–Trinajstić information content (AvgIpc) is 2.48. The molecular weight excluding hydrogens is 282 g/mol. The van der Waals surface area contributed by atoms with E-state index in [0.29, 0.717) is 31.6 Å². The minimum absolute atomic E-state index is 0.290. The third-order valence-corrected chi connectivity index (χ3v) is 3.20. The Balaban J connectivity index is 1.95. The predicted molar refractivity (Wildman–Crippen MR) is 84.7 cm³/mol. The number of nitrogens with zero attached hydrogens (tertiary/aromatic N) is 2. The van der Waals surface area contributed by atoms with Crippen molar-refractivity contribution < 1.29 is 9.59 Å². The highest BCUT2D eigenvalue weighted by Gasteiger charge is 2.05. The molecule has 2 aromatic rings. The SMILES string of the molecule is Cc1nc2ccc(NC(=O)NCCCNC=O)cc2nc1C. The van der Waals surface area contributed by atoms with Crippen molar-refractivity contribution in [2.24, 2.45) is 0 Å². The summed E-state index contributed by atoms with van der Waals surface area (Å²) >= 11 is 0. The highest BCUT2D eigenvalue weighted by atomic mass is 16.2. The van der Waals surface area contributed by atoms with Gasteiger partial charge in [0.2, 0.25) is 6.41 Å². The summed E-state index contributed by atoms with van der Waals surface area (Å²) in [5.41, 5.74) is 3.98. The molecule has 0 spiro atoms. The molecule has 1 heterocycles. The first-order valence-corrected chi connectivity index (χ1v) is 7.07. The predicted octanol–water partition coefficient (Wildman–Crippen LogP) is 1.50. The summed E-state index contributed by atoms with van der Waals surface area (Å²) in [6.07, 6.45) is 1.31. The molecule has 0 saturated heterocycles. The van der Waals surface area contributed by atoms with E-state index in [-0.39, 0.29) is 6.03 Å². The number of carbonyl (C=O) groups excluding carboxylic acids is 2. The number of anilines is 1. The Morgan fingerprint density at radius 1 is 1.14 bits per heavy atom. The minimum Gasteiger partial charge on any atom is -0.359 e. The number of hydrogen-bond acceptors (Lipinski definition) is 4. The molecular formula is C15H19N5O2. The smallest absolute Gasteiger partial charge is 0.319 e. The van der Waals surface area contributed by atoms with Crippen LogP contribution < -0.4 is 16.0 Å². The highest BCUT2D eigenvalue weighted by Crippen LogP contribution is 2.17. The lowest BCUT2D eigenvalue weighted by atomic mass is 10.2. The summed E-state index contributed by atoms with van der Waals surface area (Å²) in [6.45, 7) is 4.84. The molecule has 0 radical (unpaired) electrons. The normalized spacial score (nSPS) is 10.3. The zero-order valence-electron chi connectivity index (χ0n) is 12.6. The van der Waals surface area contributed by atoms with Crippen LogP contribution in [0.15, 0.2) is 18.2 Å². The van der Waals surface area contributed by atoms with E-state index < -0.39 is 0 Å². The van der Waals surface area contributed by atoms with Crippen molar-refractivity contribution in [2.75, 3.05) is 18.4 Å². The zero-order valence-corrected chi connectivity index (χ0v) is 12.6. The van der Waals surface area contributed by atoms with Gasteiger partial charge in [0.15, 0.2) is 0 Å². The molecule has 0 saturated carbocycles. The molecule has 0 bridgehead atoms. The van der Waals surface area contributed by atoms with Crippen LogP contribution in [0, 0.1) is 13.8 Å². The quantitative estimate of drug-likeness (QED) is 0.556. The van der Waals surface area contributed by atoms with Crippen LogP contribution in [0.1, 0.15) is 17.8 Å². The summed E-state index contributed by atoms with van der Waals surface area (Å²) in [6, 6.07) is 5.13. The lowest BCUT2D eigenvalue weighted by molar-refractivity contribution is -0.109. The highest BCUT2D eigenvalue weighted by molar-refractivity contribution is 5.91. The fourth-order valence-corrected chi connectivity index (χ4v) is 1.94. The molecule has 7 nitrogen and oxygen atoms in total. The van der Waals surface area contributed by atoms with Crippen molar-refractivity contribution in [3.05, 3.63) is 29.6 Å². The molecule has 116 valence electrons. The third-order valence-electron chi connectivity index (χ3n) is 3.20. The van der Waals surface area contributed by atoms with Gasteiger partial charge in [-0.2, -0.15) is 0 Å². The Kier molecular flexibility index (Phi) is 5.24. The molecule has 0 aliphatic carbocycles. The van der Waals surface area contributed by atoms with Crippen molar-refractivity contribution in [2.45, 2.75) is 20.3 Å². The van der Waals surface area contributed by atoms with Gasteiger partial charge in [-0.1, -0.05) is 0 Å². The topological polar surface area (TPSA) is 96.0 Å². The zero-order chi connectivity index (χ0) is 15.9. The van der Waals surface area contributed by atoms with Gasteiger partial charge < -0.3 is 16.0 Å². The lowest BCUT2D eigenvalue weighted by Gasteiger charge is -2.09. The van der Waals surface area contributed by atoms with Crippen molar-refractivity contribution in [1.29, 1.82) is 0 Å². The number of rotatable bonds is 6. The van der Waals surface area contributed by atoms with Gasteiger partial charge >= 0.3 is 6.03 Å². The molecule has 0 unspecified atom stereocenters. The molecule has 1 aromatic carbocycles. The van der Waals surface area contributed by atoms with Crippen molar-refractivity contribution in [3.8, 4) is 0 Å². The van der Waals surface area contributed by atoms with E-state index in [9.17, 15) is 9.59 Å². The molecule has 0 atom stereocenters. The first-order chi connectivity index (χ1) is 10.6. The van der Waals surface area contributed by atoms with Crippen LogP contribution >= 0.6 is 0 Å². The van der Waals surface area contributed by atoms with Gasteiger partial charge in [-0.3, -0.25) is 4.79 Å². The van der Waals surface area contributed by atoms with Crippen LogP contribution in [0.4, 0.5) is 10.5 Å². The second-order valence-electron chi connectivity index (χ2n) is 4.90.